The van der Waals surface area contributed by atoms with Gasteiger partial charge in [-0.05, 0) is 53.4 Å². The highest BCUT2D eigenvalue weighted by Crippen LogP contribution is 2.11. The van der Waals surface area contributed by atoms with E-state index in [2.05, 4.69) is 52.5 Å². The average molecular weight is 218 g/mol. The molecule has 0 aromatic heterocycles. The monoisotopic (exact) mass is 218 g/mol. The van der Waals surface area contributed by atoms with E-state index < -0.39 is 0 Å². The van der Waals surface area contributed by atoms with Crippen LogP contribution in [-0.4, -0.2) is 0 Å². The molecule has 0 bridgehead atoms. The third-order valence-corrected chi connectivity index (χ3v) is 2.50. The fourth-order valence-corrected chi connectivity index (χ4v) is 1.39. The zero-order chi connectivity index (χ0) is 12.4. The molecule has 0 spiro atoms. The first-order valence-corrected chi connectivity index (χ1v) is 6.11. The highest BCUT2D eigenvalue weighted by Gasteiger charge is 1.90. The minimum absolute atomic E-state index is 0.983. The summed E-state index contributed by atoms with van der Waals surface area (Å²) >= 11 is 0. The molecule has 0 unspecified atom stereocenters. The molecule has 0 aromatic carbocycles. The van der Waals surface area contributed by atoms with E-state index in [4.69, 9.17) is 0 Å². The fraction of sp³-hybridized carbons (Fsp3) is 0.500. The molecule has 0 heteroatoms. The van der Waals surface area contributed by atoms with Crippen LogP contribution in [0.5, 0.6) is 0 Å². The topological polar surface area (TPSA) is 0 Å². The van der Waals surface area contributed by atoms with E-state index in [1.54, 1.807) is 0 Å². The van der Waals surface area contributed by atoms with Crippen molar-refractivity contribution in [2.45, 2.75) is 53.4 Å². The van der Waals surface area contributed by atoms with Crippen LogP contribution >= 0.6 is 0 Å². The molecule has 90 valence electrons. The van der Waals surface area contributed by atoms with Gasteiger partial charge in [-0.2, -0.15) is 0 Å². The van der Waals surface area contributed by atoms with Gasteiger partial charge in [0.15, 0.2) is 0 Å². The predicted octanol–water partition coefficient (Wildman–Crippen LogP) is 5.59. The van der Waals surface area contributed by atoms with Gasteiger partial charge in [-0.1, -0.05) is 41.0 Å². The van der Waals surface area contributed by atoms with Gasteiger partial charge >= 0.3 is 0 Å². The molecular formula is C16H26. The molecular weight excluding hydrogens is 192 g/mol. The second-order valence-corrected chi connectivity index (χ2v) is 4.65. The van der Waals surface area contributed by atoms with Gasteiger partial charge < -0.3 is 0 Å². The van der Waals surface area contributed by atoms with Crippen LogP contribution in [-0.2, 0) is 0 Å². The first-order chi connectivity index (χ1) is 7.56. The second-order valence-electron chi connectivity index (χ2n) is 4.65. The Balaban J connectivity index is 3.94. The molecule has 0 saturated carbocycles. The Morgan fingerprint density at radius 1 is 0.938 bits per heavy atom. The molecule has 0 aliphatic heterocycles. The summed E-state index contributed by atoms with van der Waals surface area (Å²) in [6.45, 7) is 12.4. The lowest BCUT2D eigenvalue weighted by molar-refractivity contribution is 0.953. The SMILES string of the molecule is C=CCC=C(C)CC=C(C)CCC=C(C)C. The van der Waals surface area contributed by atoms with Crippen LogP contribution in [0.15, 0.2) is 47.6 Å². The lowest BCUT2D eigenvalue weighted by Gasteiger charge is -2.00. The van der Waals surface area contributed by atoms with Gasteiger partial charge in [-0.25, -0.2) is 0 Å². The van der Waals surface area contributed by atoms with E-state index in [1.807, 2.05) is 6.08 Å². The van der Waals surface area contributed by atoms with Gasteiger partial charge in [0.2, 0.25) is 0 Å². The Morgan fingerprint density at radius 2 is 1.62 bits per heavy atom. The number of allylic oxidation sites excluding steroid dienone is 7. The van der Waals surface area contributed by atoms with Crippen molar-refractivity contribution in [3.05, 3.63) is 47.6 Å². The number of hydrogen-bond donors (Lipinski definition) is 0. The van der Waals surface area contributed by atoms with Crippen LogP contribution in [0, 0.1) is 0 Å². The Kier molecular flexibility index (Phi) is 8.61. The van der Waals surface area contributed by atoms with Crippen molar-refractivity contribution < 1.29 is 0 Å². The van der Waals surface area contributed by atoms with Crippen molar-refractivity contribution in [1.82, 2.24) is 0 Å². The van der Waals surface area contributed by atoms with Gasteiger partial charge in [-0.15, -0.1) is 6.58 Å². The second kappa shape index (κ2) is 9.21. The van der Waals surface area contributed by atoms with Crippen LogP contribution < -0.4 is 0 Å². The molecule has 0 rings (SSSR count). The summed E-state index contributed by atoms with van der Waals surface area (Å²) in [6, 6.07) is 0. The Hall–Kier alpha value is -1.04. The third kappa shape index (κ3) is 9.51. The minimum atomic E-state index is 0.983. The molecule has 0 radical (unpaired) electrons. The largest absolute Gasteiger partial charge is 0.103 e. The standard InChI is InChI=1S/C16H26/c1-6-7-10-15(4)12-13-16(5)11-8-9-14(2)3/h6,9-10,13H,1,7-8,11-12H2,2-5H3. The molecule has 0 atom stereocenters. The van der Waals surface area contributed by atoms with E-state index >= 15 is 0 Å². The van der Waals surface area contributed by atoms with Crippen molar-refractivity contribution in [3.63, 3.8) is 0 Å². The van der Waals surface area contributed by atoms with Crippen LogP contribution in [0.3, 0.4) is 0 Å². The first-order valence-electron chi connectivity index (χ1n) is 6.11. The molecule has 0 nitrogen and oxygen atoms in total. The van der Waals surface area contributed by atoms with Crippen LogP contribution in [0.1, 0.15) is 53.4 Å². The molecule has 0 N–H and O–H groups in total. The molecule has 0 aromatic rings. The normalized spacial score (nSPS) is 12.5. The summed E-state index contributed by atoms with van der Waals surface area (Å²) in [5.41, 5.74) is 4.33. The van der Waals surface area contributed by atoms with E-state index in [0.29, 0.717) is 0 Å². The van der Waals surface area contributed by atoms with Gasteiger partial charge in [0, 0.05) is 0 Å². The van der Waals surface area contributed by atoms with Crippen LogP contribution in [0.25, 0.3) is 0 Å². The lowest BCUT2D eigenvalue weighted by Crippen LogP contribution is -1.79. The number of rotatable bonds is 7. The van der Waals surface area contributed by atoms with E-state index in [0.717, 1.165) is 12.8 Å². The van der Waals surface area contributed by atoms with E-state index in [9.17, 15) is 0 Å². The zero-order valence-corrected chi connectivity index (χ0v) is 11.3. The molecule has 0 saturated heterocycles. The molecule has 0 heterocycles. The van der Waals surface area contributed by atoms with Gasteiger partial charge in [0.25, 0.3) is 0 Å². The predicted molar refractivity (Wildman–Crippen MR) is 75.6 cm³/mol. The van der Waals surface area contributed by atoms with Crippen molar-refractivity contribution in [2.75, 3.05) is 0 Å². The summed E-state index contributed by atoms with van der Waals surface area (Å²) in [6.07, 6.45) is 13.2. The summed E-state index contributed by atoms with van der Waals surface area (Å²) in [4.78, 5) is 0. The summed E-state index contributed by atoms with van der Waals surface area (Å²) < 4.78 is 0. The summed E-state index contributed by atoms with van der Waals surface area (Å²) in [5.74, 6) is 0. The summed E-state index contributed by atoms with van der Waals surface area (Å²) in [7, 11) is 0. The van der Waals surface area contributed by atoms with Crippen LogP contribution in [0.2, 0.25) is 0 Å². The minimum Gasteiger partial charge on any atom is -0.103 e. The van der Waals surface area contributed by atoms with Crippen molar-refractivity contribution in [2.24, 2.45) is 0 Å². The zero-order valence-electron chi connectivity index (χ0n) is 11.3. The Bertz CT molecular complexity index is 283. The average Bonchev–Trinajstić information content (AvgIpc) is 2.23. The van der Waals surface area contributed by atoms with Crippen LogP contribution in [0.4, 0.5) is 0 Å². The maximum Gasteiger partial charge on any atom is -0.0139 e. The van der Waals surface area contributed by atoms with E-state index in [1.165, 1.54) is 29.6 Å². The Labute approximate surface area is 101 Å². The highest BCUT2D eigenvalue weighted by molar-refractivity contribution is 5.10. The highest BCUT2D eigenvalue weighted by atomic mass is 14.0. The number of hydrogen-bond acceptors (Lipinski definition) is 0. The molecule has 16 heavy (non-hydrogen) atoms. The summed E-state index contributed by atoms with van der Waals surface area (Å²) in [5, 5.41) is 0. The molecule has 0 aliphatic rings. The van der Waals surface area contributed by atoms with Gasteiger partial charge in [0.1, 0.15) is 0 Å². The lowest BCUT2D eigenvalue weighted by atomic mass is 10.1. The quantitative estimate of drug-likeness (QED) is 0.488. The molecule has 0 fully saturated rings. The Morgan fingerprint density at radius 3 is 2.19 bits per heavy atom. The van der Waals surface area contributed by atoms with E-state index in [-0.39, 0.29) is 0 Å². The smallest absolute Gasteiger partial charge is 0.0139 e. The molecule has 0 aliphatic carbocycles. The third-order valence-electron chi connectivity index (χ3n) is 2.50. The fourth-order valence-electron chi connectivity index (χ4n) is 1.39. The first kappa shape index (κ1) is 15.0. The maximum absolute atomic E-state index is 3.72. The van der Waals surface area contributed by atoms with Crippen molar-refractivity contribution in [1.29, 1.82) is 0 Å². The van der Waals surface area contributed by atoms with Crippen molar-refractivity contribution in [3.8, 4) is 0 Å². The van der Waals surface area contributed by atoms with Gasteiger partial charge in [-0.3, -0.25) is 0 Å². The maximum atomic E-state index is 3.72. The molecule has 0 amide bonds. The van der Waals surface area contributed by atoms with Crippen molar-refractivity contribution >= 4 is 0 Å². The van der Waals surface area contributed by atoms with Gasteiger partial charge in [0.05, 0.1) is 0 Å².